The van der Waals surface area contributed by atoms with Crippen LogP contribution in [0.2, 0.25) is 0 Å². The van der Waals surface area contributed by atoms with Gasteiger partial charge < -0.3 is 20.7 Å². The van der Waals surface area contributed by atoms with Crippen LogP contribution in [0.5, 0.6) is 0 Å². The molecule has 1 saturated heterocycles. The van der Waals surface area contributed by atoms with Crippen LogP contribution >= 0.6 is 0 Å². The molecule has 1 unspecified atom stereocenters. The minimum absolute atomic E-state index is 0.0965. The maximum absolute atomic E-state index is 12.4. The summed E-state index contributed by atoms with van der Waals surface area (Å²) in [6, 6.07) is 1.46. The molecule has 1 aliphatic rings. The topological polar surface area (TPSA) is 128 Å². The number of Topliss-reactive ketones (excluding diaryl/α,β-unsaturated/α-hetero) is 1. The van der Waals surface area contributed by atoms with Gasteiger partial charge in [-0.1, -0.05) is 84.0 Å². The van der Waals surface area contributed by atoms with Crippen LogP contribution in [-0.2, 0) is 9.53 Å². The molecule has 8 heteroatoms. The molecule has 4 atom stereocenters. The zero-order valence-electron chi connectivity index (χ0n) is 20.2. The Morgan fingerprint density at radius 3 is 2.18 bits per heavy atom. The maximum Gasteiger partial charge on any atom is 0.351 e. The van der Waals surface area contributed by atoms with Gasteiger partial charge in [-0.2, -0.15) is 4.98 Å². The van der Waals surface area contributed by atoms with Gasteiger partial charge in [0.15, 0.2) is 5.78 Å². The molecule has 0 spiro atoms. The van der Waals surface area contributed by atoms with Gasteiger partial charge in [-0.3, -0.25) is 9.36 Å². The Labute approximate surface area is 197 Å². The Kier molecular flexibility index (Phi) is 12.6. The molecular weight excluding hydrogens is 422 g/mol. The first-order chi connectivity index (χ1) is 15.9. The highest BCUT2D eigenvalue weighted by atomic mass is 16.5. The number of hydrogen-bond donors (Lipinski definition) is 3. The van der Waals surface area contributed by atoms with E-state index in [0.717, 1.165) is 19.3 Å². The summed E-state index contributed by atoms with van der Waals surface area (Å²) in [6.07, 6.45) is 13.4. The average molecular weight is 466 g/mol. The van der Waals surface area contributed by atoms with Crippen molar-refractivity contribution in [3.05, 3.63) is 22.7 Å². The van der Waals surface area contributed by atoms with E-state index in [9.17, 15) is 19.8 Å². The van der Waals surface area contributed by atoms with E-state index in [4.69, 9.17) is 10.5 Å². The zero-order valence-corrected chi connectivity index (χ0v) is 20.2. The molecule has 1 aliphatic heterocycles. The summed E-state index contributed by atoms with van der Waals surface area (Å²) in [5.41, 5.74) is 4.90. The van der Waals surface area contributed by atoms with Gasteiger partial charge in [0.2, 0.25) is 0 Å². The van der Waals surface area contributed by atoms with Gasteiger partial charge in [-0.05, 0) is 12.5 Å². The van der Waals surface area contributed by atoms with Gasteiger partial charge in [0, 0.05) is 19.0 Å². The number of rotatable bonds is 17. The number of nitrogen functional groups attached to an aromatic ring is 1. The molecule has 0 radical (unpaired) electrons. The summed E-state index contributed by atoms with van der Waals surface area (Å²) in [5.74, 6) is -0.232. The lowest BCUT2D eigenvalue weighted by Gasteiger charge is -2.20. The van der Waals surface area contributed by atoms with E-state index in [-0.39, 0.29) is 24.4 Å². The second-order valence-corrected chi connectivity index (χ2v) is 9.30. The third-order valence-electron chi connectivity index (χ3n) is 6.47. The number of aromatic nitrogens is 2. The summed E-state index contributed by atoms with van der Waals surface area (Å²) >= 11 is 0. The molecule has 0 aliphatic carbocycles. The van der Waals surface area contributed by atoms with Gasteiger partial charge in [-0.25, -0.2) is 4.79 Å². The van der Waals surface area contributed by atoms with Crippen molar-refractivity contribution in [2.24, 2.45) is 0 Å². The standard InChI is InChI=1S/C25H43N3O5/c1-2-3-4-5-6-7-8-9-10-11-12-13-14-15-19(29)23(31)24-20(30)18-22(33-24)28-17-16-21(26)27-25(28)32/h16-17,20,22-24,30-31H,2-15,18H2,1H3,(H2,26,27,32)/t20-,22+,23?,24-/m0/s1. The molecule has 0 amide bonds. The van der Waals surface area contributed by atoms with Crippen molar-refractivity contribution in [3.63, 3.8) is 0 Å². The van der Waals surface area contributed by atoms with Crippen LogP contribution < -0.4 is 11.4 Å². The van der Waals surface area contributed by atoms with Crippen LogP contribution in [0, 0.1) is 0 Å². The van der Waals surface area contributed by atoms with E-state index in [1.807, 2.05) is 0 Å². The number of aliphatic hydroxyl groups excluding tert-OH is 2. The van der Waals surface area contributed by atoms with Crippen LogP contribution in [0.1, 0.15) is 109 Å². The van der Waals surface area contributed by atoms with E-state index in [2.05, 4.69) is 11.9 Å². The van der Waals surface area contributed by atoms with Crippen LogP contribution in [0.3, 0.4) is 0 Å². The molecule has 0 saturated carbocycles. The molecule has 1 fully saturated rings. The number of anilines is 1. The van der Waals surface area contributed by atoms with Crippen LogP contribution in [-0.4, -0.2) is 43.9 Å². The number of hydrogen-bond acceptors (Lipinski definition) is 7. The van der Waals surface area contributed by atoms with E-state index in [0.29, 0.717) is 0 Å². The first kappa shape index (κ1) is 27.5. The fraction of sp³-hybridized carbons (Fsp3) is 0.800. The fourth-order valence-corrected chi connectivity index (χ4v) is 4.43. The highest BCUT2D eigenvalue weighted by Gasteiger charge is 2.42. The minimum atomic E-state index is -1.40. The molecule has 0 aromatic carbocycles. The minimum Gasteiger partial charge on any atom is -0.390 e. The molecule has 33 heavy (non-hydrogen) atoms. The number of ketones is 1. The van der Waals surface area contributed by atoms with E-state index < -0.39 is 30.2 Å². The van der Waals surface area contributed by atoms with Gasteiger partial charge >= 0.3 is 5.69 Å². The molecule has 1 aromatic heterocycles. The van der Waals surface area contributed by atoms with E-state index in [1.54, 1.807) is 0 Å². The summed E-state index contributed by atoms with van der Waals surface area (Å²) in [7, 11) is 0. The molecule has 8 nitrogen and oxygen atoms in total. The Hall–Kier alpha value is -1.77. The summed E-state index contributed by atoms with van der Waals surface area (Å²) in [6.45, 7) is 2.24. The third-order valence-corrected chi connectivity index (χ3v) is 6.47. The Morgan fingerprint density at radius 1 is 1.09 bits per heavy atom. The fourth-order valence-electron chi connectivity index (χ4n) is 4.43. The van der Waals surface area contributed by atoms with Crippen molar-refractivity contribution < 1.29 is 19.7 Å². The summed E-state index contributed by atoms with van der Waals surface area (Å²) in [5, 5.41) is 20.7. The Balaban J connectivity index is 1.57. The lowest BCUT2D eigenvalue weighted by molar-refractivity contribution is -0.141. The summed E-state index contributed by atoms with van der Waals surface area (Å²) in [4.78, 5) is 28.0. The van der Waals surface area contributed by atoms with Gasteiger partial charge in [0.1, 0.15) is 24.3 Å². The number of carbonyl (C=O) groups is 1. The van der Waals surface area contributed by atoms with Crippen LogP contribution in [0.4, 0.5) is 5.82 Å². The van der Waals surface area contributed by atoms with Crippen molar-refractivity contribution >= 4 is 11.6 Å². The number of aliphatic hydroxyl groups is 2. The predicted molar refractivity (Wildman–Crippen MR) is 129 cm³/mol. The van der Waals surface area contributed by atoms with Crippen LogP contribution in [0.15, 0.2) is 17.1 Å². The second-order valence-electron chi connectivity index (χ2n) is 9.30. The normalized spacial score (nSPS) is 21.4. The predicted octanol–water partition coefficient (Wildman–Crippen LogP) is 3.89. The number of unbranched alkanes of at least 4 members (excludes halogenated alkanes) is 12. The molecule has 2 rings (SSSR count). The Morgan fingerprint density at radius 2 is 1.64 bits per heavy atom. The van der Waals surface area contributed by atoms with Crippen molar-refractivity contribution in [2.75, 3.05) is 5.73 Å². The van der Waals surface area contributed by atoms with Crippen molar-refractivity contribution in [3.8, 4) is 0 Å². The molecule has 188 valence electrons. The van der Waals surface area contributed by atoms with Gasteiger partial charge in [-0.15, -0.1) is 0 Å². The SMILES string of the molecule is CCCCCCCCCCCCCCCC(=O)C(O)[C@H]1O[C@@H](n2ccc(N)nc2=O)C[C@@H]1O. The first-order valence-corrected chi connectivity index (χ1v) is 12.8. The van der Waals surface area contributed by atoms with Crippen molar-refractivity contribution in [1.82, 2.24) is 9.55 Å². The average Bonchev–Trinajstić information content (AvgIpc) is 3.17. The summed E-state index contributed by atoms with van der Waals surface area (Å²) < 4.78 is 6.86. The number of nitrogens with zero attached hydrogens (tertiary/aromatic N) is 2. The number of nitrogens with two attached hydrogens (primary N) is 1. The van der Waals surface area contributed by atoms with Gasteiger partial charge in [0.05, 0.1) is 6.10 Å². The largest absolute Gasteiger partial charge is 0.390 e. The smallest absolute Gasteiger partial charge is 0.351 e. The van der Waals surface area contributed by atoms with Crippen molar-refractivity contribution in [2.45, 2.75) is 128 Å². The second kappa shape index (κ2) is 15.2. The molecular formula is C25H43N3O5. The Bertz CT molecular complexity index is 754. The number of ether oxygens (including phenoxy) is 1. The first-order valence-electron chi connectivity index (χ1n) is 12.8. The molecule has 4 N–H and O–H groups in total. The highest BCUT2D eigenvalue weighted by molar-refractivity contribution is 5.83. The molecule has 2 heterocycles. The lowest BCUT2D eigenvalue weighted by Crippen LogP contribution is -2.40. The number of carbonyl (C=O) groups excluding carboxylic acids is 1. The maximum atomic E-state index is 12.4. The molecule has 1 aromatic rings. The zero-order chi connectivity index (χ0) is 24.1. The monoisotopic (exact) mass is 465 g/mol. The van der Waals surface area contributed by atoms with Crippen molar-refractivity contribution in [1.29, 1.82) is 0 Å². The molecule has 0 bridgehead atoms. The highest BCUT2D eigenvalue weighted by Crippen LogP contribution is 2.30. The van der Waals surface area contributed by atoms with E-state index >= 15 is 0 Å². The quantitative estimate of drug-likeness (QED) is 0.298. The van der Waals surface area contributed by atoms with E-state index in [1.165, 1.54) is 81.0 Å². The van der Waals surface area contributed by atoms with Gasteiger partial charge in [0.25, 0.3) is 0 Å². The third kappa shape index (κ3) is 9.55. The lowest BCUT2D eigenvalue weighted by atomic mass is 9.99. The van der Waals surface area contributed by atoms with Crippen LogP contribution in [0.25, 0.3) is 0 Å².